The lowest BCUT2D eigenvalue weighted by Crippen LogP contribution is -2.21. The van der Waals surface area contributed by atoms with E-state index in [1.54, 1.807) is 31.5 Å². The molecule has 0 aliphatic carbocycles. The molecule has 0 saturated carbocycles. The molecule has 0 fully saturated rings. The van der Waals surface area contributed by atoms with Crippen LogP contribution < -0.4 is 10.1 Å². The highest BCUT2D eigenvalue weighted by Crippen LogP contribution is 2.27. The Morgan fingerprint density at radius 1 is 1.21 bits per heavy atom. The predicted octanol–water partition coefficient (Wildman–Crippen LogP) is 3.02. The van der Waals surface area contributed by atoms with Crippen LogP contribution in [-0.4, -0.2) is 51.8 Å². The highest BCUT2D eigenvalue weighted by atomic mass is 19.3. The number of hydrogen-bond acceptors (Lipinski definition) is 5. The minimum atomic E-state index is -2.78. The van der Waals surface area contributed by atoms with Crippen LogP contribution in [-0.2, 0) is 0 Å². The second kappa shape index (κ2) is 8.21. The third-order valence-electron chi connectivity index (χ3n) is 3.95. The summed E-state index contributed by atoms with van der Waals surface area (Å²) in [5.41, 5.74) is 0.329. The molecule has 3 aromatic rings. The number of nitrogens with one attached hydrogen (secondary N) is 1. The van der Waals surface area contributed by atoms with E-state index in [2.05, 4.69) is 15.3 Å². The Morgan fingerprint density at radius 2 is 1.97 bits per heavy atom. The van der Waals surface area contributed by atoms with Gasteiger partial charge in [-0.25, -0.2) is 18.7 Å². The van der Waals surface area contributed by atoms with Crippen LogP contribution in [0.15, 0.2) is 36.7 Å². The highest BCUT2D eigenvalue weighted by Gasteiger charge is 2.18. The molecule has 3 rings (SSSR count). The van der Waals surface area contributed by atoms with E-state index in [0.717, 1.165) is 6.07 Å². The number of anilines is 1. The van der Waals surface area contributed by atoms with Gasteiger partial charge in [0.2, 0.25) is 0 Å². The molecule has 8 nitrogen and oxygen atoms in total. The first-order chi connectivity index (χ1) is 13.8. The normalized spacial score (nSPS) is 11.0. The second-order valence-corrected chi connectivity index (χ2v) is 6.28. The van der Waals surface area contributed by atoms with E-state index in [1.807, 2.05) is 0 Å². The van der Waals surface area contributed by atoms with Gasteiger partial charge in [-0.05, 0) is 19.1 Å². The van der Waals surface area contributed by atoms with Gasteiger partial charge in [0.15, 0.2) is 0 Å². The fourth-order valence-corrected chi connectivity index (χ4v) is 2.60. The number of aromatic nitrogens is 3. The van der Waals surface area contributed by atoms with Crippen LogP contribution in [0.1, 0.15) is 40.0 Å². The van der Waals surface area contributed by atoms with Crippen LogP contribution >= 0.6 is 0 Å². The Bertz CT molecular complexity index is 1070. The maximum Gasteiger partial charge on any atom is 0.280 e. The van der Waals surface area contributed by atoms with Gasteiger partial charge >= 0.3 is 0 Å². The zero-order valence-electron chi connectivity index (χ0n) is 16.0. The lowest BCUT2D eigenvalue weighted by atomic mass is 10.2. The maximum atomic E-state index is 12.8. The first kappa shape index (κ1) is 20.2. The molecule has 0 radical (unpaired) electrons. The summed E-state index contributed by atoms with van der Waals surface area (Å²) in [5, 5.41) is 2.62. The average Bonchev–Trinajstić information content (AvgIpc) is 3.10. The fourth-order valence-electron chi connectivity index (χ4n) is 2.60. The van der Waals surface area contributed by atoms with Crippen LogP contribution in [0.25, 0.3) is 5.65 Å². The Morgan fingerprint density at radius 3 is 2.62 bits per heavy atom. The van der Waals surface area contributed by atoms with Crippen LogP contribution in [0.3, 0.4) is 0 Å². The molecular weight excluding hydrogens is 384 g/mol. The molecule has 2 amide bonds. The molecule has 0 spiro atoms. The van der Waals surface area contributed by atoms with Crippen LogP contribution in [0, 0.1) is 0 Å². The number of rotatable bonds is 6. The van der Waals surface area contributed by atoms with E-state index in [9.17, 15) is 18.4 Å². The highest BCUT2D eigenvalue weighted by molar-refractivity contribution is 6.03. The summed E-state index contributed by atoms with van der Waals surface area (Å²) in [6, 6.07) is 5.40. The predicted molar refractivity (Wildman–Crippen MR) is 102 cm³/mol. The first-order valence-corrected chi connectivity index (χ1v) is 8.73. The van der Waals surface area contributed by atoms with Crippen molar-refractivity contribution < 1.29 is 23.1 Å². The molecule has 0 atom stereocenters. The Balaban J connectivity index is 1.96. The second-order valence-electron chi connectivity index (χ2n) is 6.28. The molecule has 0 unspecified atom stereocenters. The summed E-state index contributed by atoms with van der Waals surface area (Å²) in [6.07, 6.45) is 0.282. The van der Waals surface area contributed by atoms with Gasteiger partial charge in [0.25, 0.3) is 18.2 Å². The number of alkyl halides is 2. The molecule has 0 aromatic carbocycles. The number of halogens is 2. The van der Waals surface area contributed by atoms with Crippen molar-refractivity contribution in [3.8, 4) is 5.75 Å². The van der Waals surface area contributed by atoms with Crippen molar-refractivity contribution in [3.05, 3.63) is 53.7 Å². The number of nitrogens with zero attached hydrogens (tertiary/aromatic N) is 4. The monoisotopic (exact) mass is 403 g/mol. The van der Waals surface area contributed by atoms with Gasteiger partial charge in [0.05, 0.1) is 6.61 Å². The van der Waals surface area contributed by atoms with Gasteiger partial charge < -0.3 is 19.4 Å². The molecule has 0 bridgehead atoms. The van der Waals surface area contributed by atoms with Gasteiger partial charge in [0.1, 0.15) is 34.2 Å². The molecule has 10 heteroatoms. The number of amides is 2. The molecule has 152 valence electrons. The smallest absolute Gasteiger partial charge is 0.280 e. The summed E-state index contributed by atoms with van der Waals surface area (Å²) in [4.78, 5) is 34.0. The summed E-state index contributed by atoms with van der Waals surface area (Å²) in [7, 11) is 3.23. The number of pyridine rings is 2. The van der Waals surface area contributed by atoms with Crippen molar-refractivity contribution in [1.82, 2.24) is 19.3 Å². The largest absolute Gasteiger partial charge is 0.491 e. The van der Waals surface area contributed by atoms with E-state index in [0.29, 0.717) is 18.0 Å². The first-order valence-electron chi connectivity index (χ1n) is 8.73. The standard InChI is InChI=1S/C19H19F2N5O3/c1-4-29-15-8-16-23-14(19(28)25(2)3)10-26(16)9-13(15)24-18(27)12-7-5-6-11(22-12)17(20)21/h5-10,17H,4H2,1-3H3,(H,24,27). The Labute approximate surface area is 165 Å². The number of hydrogen-bond donors (Lipinski definition) is 1. The Hall–Kier alpha value is -3.56. The summed E-state index contributed by atoms with van der Waals surface area (Å²) in [5.74, 6) is -0.615. The number of carbonyl (C=O) groups excluding carboxylic acids is 2. The molecule has 3 heterocycles. The maximum absolute atomic E-state index is 12.8. The van der Waals surface area contributed by atoms with E-state index < -0.39 is 18.0 Å². The number of ether oxygens (including phenoxy) is 1. The summed E-state index contributed by atoms with van der Waals surface area (Å²) in [6.45, 7) is 2.10. The average molecular weight is 403 g/mol. The third kappa shape index (κ3) is 4.31. The van der Waals surface area contributed by atoms with E-state index in [-0.39, 0.29) is 23.0 Å². The van der Waals surface area contributed by atoms with Crippen LogP contribution in [0.4, 0.5) is 14.5 Å². The zero-order valence-corrected chi connectivity index (χ0v) is 16.0. The quantitative estimate of drug-likeness (QED) is 0.684. The van der Waals surface area contributed by atoms with Gasteiger partial charge in [-0.3, -0.25) is 9.59 Å². The van der Waals surface area contributed by atoms with E-state index in [1.165, 1.54) is 29.4 Å². The summed E-state index contributed by atoms with van der Waals surface area (Å²) >= 11 is 0. The number of carbonyl (C=O) groups is 2. The summed E-state index contributed by atoms with van der Waals surface area (Å²) < 4.78 is 32.8. The molecule has 0 aliphatic rings. The van der Waals surface area contributed by atoms with Crippen molar-refractivity contribution in [2.24, 2.45) is 0 Å². The topological polar surface area (TPSA) is 88.8 Å². The van der Waals surface area contributed by atoms with Crippen molar-refractivity contribution in [2.45, 2.75) is 13.3 Å². The molecule has 29 heavy (non-hydrogen) atoms. The molecule has 0 saturated heterocycles. The van der Waals surface area contributed by atoms with Crippen molar-refractivity contribution in [3.63, 3.8) is 0 Å². The lowest BCUT2D eigenvalue weighted by molar-refractivity contribution is 0.0822. The molecule has 1 N–H and O–H groups in total. The van der Waals surface area contributed by atoms with Crippen LogP contribution in [0.5, 0.6) is 5.75 Å². The van der Waals surface area contributed by atoms with E-state index in [4.69, 9.17) is 4.74 Å². The molecular formula is C19H19F2N5O3. The zero-order chi connectivity index (χ0) is 21.1. The SMILES string of the molecule is CCOc1cc2nc(C(=O)N(C)C)cn2cc1NC(=O)c1cccc(C(F)F)n1. The molecule has 0 aliphatic heterocycles. The van der Waals surface area contributed by atoms with Crippen LogP contribution in [0.2, 0.25) is 0 Å². The molecule has 3 aromatic heterocycles. The van der Waals surface area contributed by atoms with Crippen molar-refractivity contribution in [1.29, 1.82) is 0 Å². The minimum absolute atomic E-state index is 0.153. The van der Waals surface area contributed by atoms with Crippen molar-refractivity contribution in [2.75, 3.05) is 26.0 Å². The van der Waals surface area contributed by atoms with Gasteiger partial charge in [-0.15, -0.1) is 0 Å². The third-order valence-corrected chi connectivity index (χ3v) is 3.95. The van der Waals surface area contributed by atoms with E-state index >= 15 is 0 Å². The van der Waals surface area contributed by atoms with Crippen molar-refractivity contribution >= 4 is 23.1 Å². The van der Waals surface area contributed by atoms with Gasteiger partial charge in [-0.1, -0.05) is 6.07 Å². The Kier molecular flexibility index (Phi) is 5.71. The van der Waals surface area contributed by atoms with Gasteiger partial charge in [0, 0.05) is 32.6 Å². The number of fused-ring (bicyclic) bond motifs is 1. The number of imidazole rings is 1. The van der Waals surface area contributed by atoms with Gasteiger partial charge in [-0.2, -0.15) is 0 Å². The minimum Gasteiger partial charge on any atom is -0.491 e. The fraction of sp³-hybridized carbons (Fsp3) is 0.263. The lowest BCUT2D eigenvalue weighted by Gasteiger charge is -2.12.